The molecule has 1 N–H and O–H groups in total. The molecule has 0 fully saturated rings. The molecule has 134 valence electrons. The number of hydrogen-bond donors (Lipinski definition) is 1. The van der Waals surface area contributed by atoms with Gasteiger partial charge in [0.15, 0.2) is 5.82 Å². The van der Waals surface area contributed by atoms with Crippen LogP contribution < -0.4 is 5.32 Å². The third-order valence-electron chi connectivity index (χ3n) is 4.04. The van der Waals surface area contributed by atoms with Gasteiger partial charge in [-0.15, -0.1) is 10.2 Å². The fourth-order valence-corrected chi connectivity index (χ4v) is 2.99. The van der Waals surface area contributed by atoms with Crippen molar-refractivity contribution in [3.8, 4) is 0 Å². The highest BCUT2D eigenvalue weighted by molar-refractivity contribution is 6.30. The summed E-state index contributed by atoms with van der Waals surface area (Å²) < 4.78 is 27.7. The molecule has 1 aliphatic heterocycles. The number of aryl methyl sites for hydroxylation is 1. The molecular weight excluding hydrogens is 375 g/mol. The number of benzene rings is 1. The number of alkyl halides is 3. The van der Waals surface area contributed by atoms with E-state index in [1.54, 1.807) is 12.1 Å². The summed E-state index contributed by atoms with van der Waals surface area (Å²) in [6, 6.07) is 5.14. The van der Waals surface area contributed by atoms with Crippen LogP contribution in [0.5, 0.6) is 0 Å². The monoisotopic (exact) mass is 389 g/mol. The first-order valence-corrected chi connectivity index (χ1v) is 8.28. The van der Waals surface area contributed by atoms with E-state index < -0.39 is 11.2 Å². The predicted molar refractivity (Wildman–Crippen MR) is 88.6 cm³/mol. The van der Waals surface area contributed by atoms with Crippen LogP contribution in [-0.2, 0) is 25.0 Å². The maximum Gasteiger partial charge on any atom is 0.381 e. The predicted octanol–water partition coefficient (Wildman–Crippen LogP) is 3.25. The van der Waals surface area contributed by atoms with E-state index in [4.69, 9.17) is 23.2 Å². The van der Waals surface area contributed by atoms with Gasteiger partial charge in [0, 0.05) is 24.7 Å². The highest BCUT2D eigenvalue weighted by Gasteiger charge is 2.37. The number of aromatic nitrogens is 3. The molecule has 0 spiro atoms. The van der Waals surface area contributed by atoms with Gasteiger partial charge in [-0.05, 0) is 41.8 Å². The average Bonchev–Trinajstić information content (AvgIpc) is 2.98. The molecule has 1 aromatic carbocycles. The zero-order valence-electron chi connectivity index (χ0n) is 13.3. The summed E-state index contributed by atoms with van der Waals surface area (Å²) in [6.45, 7) is 2.74. The van der Waals surface area contributed by atoms with Crippen molar-refractivity contribution in [3.63, 3.8) is 0 Å². The van der Waals surface area contributed by atoms with Crippen LogP contribution in [-0.4, -0.2) is 32.2 Å². The molecule has 10 heteroatoms. The van der Waals surface area contributed by atoms with Crippen molar-refractivity contribution in [2.24, 2.45) is 0 Å². The number of carbonyl (C=O) groups excluding carboxylic acids is 1. The molecule has 1 aliphatic rings. The summed E-state index contributed by atoms with van der Waals surface area (Å²) in [5, 5.41) is 6.96. The van der Waals surface area contributed by atoms with Crippen molar-refractivity contribution in [3.05, 3.63) is 46.0 Å². The Balaban J connectivity index is 1.65. The van der Waals surface area contributed by atoms with Gasteiger partial charge in [-0.2, -0.15) is 8.78 Å². The van der Waals surface area contributed by atoms with Crippen LogP contribution in [0.3, 0.4) is 0 Å². The maximum absolute atomic E-state index is 13.2. The lowest BCUT2D eigenvalue weighted by Gasteiger charge is -2.28. The number of amides is 2. The first-order valence-electron chi connectivity index (χ1n) is 7.53. The number of carbonyl (C=O) groups is 1. The Labute approximate surface area is 152 Å². The van der Waals surface area contributed by atoms with Crippen LogP contribution in [0.2, 0.25) is 5.02 Å². The molecule has 0 unspecified atom stereocenters. The second kappa shape index (κ2) is 6.76. The van der Waals surface area contributed by atoms with Gasteiger partial charge in [-0.3, -0.25) is 0 Å². The van der Waals surface area contributed by atoms with E-state index in [1.807, 2.05) is 13.0 Å². The van der Waals surface area contributed by atoms with Crippen LogP contribution >= 0.6 is 23.2 Å². The van der Waals surface area contributed by atoms with E-state index in [0.29, 0.717) is 11.6 Å². The molecule has 25 heavy (non-hydrogen) atoms. The Morgan fingerprint density at radius 2 is 2.12 bits per heavy atom. The number of nitrogens with one attached hydrogen (secondary N) is 1. The third kappa shape index (κ3) is 3.85. The number of nitrogens with zero attached hydrogens (tertiary/aromatic N) is 4. The SMILES string of the molecule is Cc1ccc(Cl)cc1CNC(=O)N1CCn2c(nnc2C(F)(F)Cl)C1. The number of hydrogen-bond acceptors (Lipinski definition) is 3. The van der Waals surface area contributed by atoms with Gasteiger partial charge >= 0.3 is 11.4 Å². The first-order chi connectivity index (χ1) is 11.8. The van der Waals surface area contributed by atoms with Crippen molar-refractivity contribution in [2.75, 3.05) is 6.54 Å². The van der Waals surface area contributed by atoms with Gasteiger partial charge in [0.1, 0.15) is 0 Å². The fourth-order valence-electron chi connectivity index (χ4n) is 2.65. The zero-order chi connectivity index (χ0) is 18.2. The summed E-state index contributed by atoms with van der Waals surface area (Å²) in [4.78, 5) is 13.8. The van der Waals surface area contributed by atoms with Crippen molar-refractivity contribution < 1.29 is 13.6 Å². The van der Waals surface area contributed by atoms with Crippen molar-refractivity contribution in [2.45, 2.75) is 31.9 Å². The van der Waals surface area contributed by atoms with Crippen molar-refractivity contribution in [1.29, 1.82) is 0 Å². The molecule has 0 saturated carbocycles. The lowest BCUT2D eigenvalue weighted by Crippen LogP contribution is -2.44. The molecule has 0 radical (unpaired) electrons. The van der Waals surface area contributed by atoms with Crippen LogP contribution in [0.4, 0.5) is 13.6 Å². The van der Waals surface area contributed by atoms with Crippen LogP contribution in [0.15, 0.2) is 18.2 Å². The molecule has 3 rings (SSSR count). The second-order valence-corrected chi connectivity index (χ2v) is 6.65. The van der Waals surface area contributed by atoms with Gasteiger partial charge in [0.2, 0.25) is 5.82 Å². The quantitative estimate of drug-likeness (QED) is 0.819. The standard InChI is InChI=1S/C15H15Cl2F2N5O/c1-9-2-3-11(16)6-10(9)7-20-14(25)23-4-5-24-12(8-23)21-22-13(24)15(17,18)19/h2-3,6H,4-5,7-8H2,1H3,(H,20,25). The second-order valence-electron chi connectivity index (χ2n) is 5.74. The number of halogens is 4. The molecule has 0 atom stereocenters. The highest BCUT2D eigenvalue weighted by atomic mass is 35.5. The molecule has 2 aromatic rings. The van der Waals surface area contributed by atoms with E-state index in [1.165, 1.54) is 9.47 Å². The van der Waals surface area contributed by atoms with E-state index in [0.717, 1.165) is 11.1 Å². The zero-order valence-corrected chi connectivity index (χ0v) is 14.8. The molecule has 0 bridgehead atoms. The summed E-state index contributed by atoms with van der Waals surface area (Å²) in [5.41, 5.74) is 1.92. The van der Waals surface area contributed by atoms with E-state index in [2.05, 4.69) is 15.5 Å². The molecular formula is C15H15Cl2F2N5O. The summed E-state index contributed by atoms with van der Waals surface area (Å²) in [6.07, 6.45) is 0. The topological polar surface area (TPSA) is 63.1 Å². The maximum atomic E-state index is 13.2. The molecule has 2 heterocycles. The minimum atomic E-state index is -3.58. The largest absolute Gasteiger partial charge is 0.381 e. The number of urea groups is 1. The van der Waals surface area contributed by atoms with E-state index in [9.17, 15) is 13.6 Å². The van der Waals surface area contributed by atoms with Gasteiger partial charge in [0.25, 0.3) is 0 Å². The first kappa shape index (κ1) is 17.9. The molecule has 1 aromatic heterocycles. The van der Waals surface area contributed by atoms with Gasteiger partial charge < -0.3 is 14.8 Å². The Kier molecular flexibility index (Phi) is 4.83. The lowest BCUT2D eigenvalue weighted by atomic mass is 10.1. The number of rotatable bonds is 3. The van der Waals surface area contributed by atoms with Crippen LogP contribution in [0, 0.1) is 6.92 Å². The molecule has 0 aliphatic carbocycles. The van der Waals surface area contributed by atoms with Crippen molar-refractivity contribution >= 4 is 29.2 Å². The van der Waals surface area contributed by atoms with Crippen molar-refractivity contribution in [1.82, 2.24) is 25.0 Å². The lowest BCUT2D eigenvalue weighted by molar-refractivity contribution is 0.0772. The molecule has 0 saturated heterocycles. The normalized spacial score (nSPS) is 14.4. The highest BCUT2D eigenvalue weighted by Crippen LogP contribution is 2.32. The molecule has 2 amide bonds. The minimum absolute atomic E-state index is 0.0837. The Morgan fingerprint density at radius 1 is 1.36 bits per heavy atom. The summed E-state index contributed by atoms with van der Waals surface area (Å²) in [7, 11) is 0. The summed E-state index contributed by atoms with van der Waals surface area (Å²) in [5.74, 6) is -0.325. The Hall–Kier alpha value is -1.93. The van der Waals surface area contributed by atoms with E-state index >= 15 is 0 Å². The Bertz CT molecular complexity index is 806. The van der Waals surface area contributed by atoms with Crippen LogP contribution in [0.25, 0.3) is 0 Å². The Morgan fingerprint density at radius 3 is 2.84 bits per heavy atom. The third-order valence-corrected chi connectivity index (χ3v) is 4.44. The van der Waals surface area contributed by atoms with E-state index in [-0.39, 0.29) is 31.5 Å². The summed E-state index contributed by atoms with van der Waals surface area (Å²) >= 11 is 11.0. The average molecular weight is 390 g/mol. The minimum Gasteiger partial charge on any atom is -0.334 e. The van der Waals surface area contributed by atoms with Gasteiger partial charge in [-0.1, -0.05) is 17.7 Å². The fraction of sp³-hybridized carbons (Fsp3) is 0.400. The molecule has 6 nitrogen and oxygen atoms in total. The van der Waals surface area contributed by atoms with Gasteiger partial charge in [-0.25, -0.2) is 4.79 Å². The smallest absolute Gasteiger partial charge is 0.334 e. The van der Waals surface area contributed by atoms with Crippen LogP contribution in [0.1, 0.15) is 22.8 Å². The number of fused-ring (bicyclic) bond motifs is 1. The van der Waals surface area contributed by atoms with Gasteiger partial charge in [0.05, 0.1) is 6.54 Å².